The Bertz CT molecular complexity index is 400. The third kappa shape index (κ3) is 2.11. The molecule has 0 aliphatic heterocycles. The predicted molar refractivity (Wildman–Crippen MR) is 59.8 cm³/mol. The van der Waals surface area contributed by atoms with Crippen molar-refractivity contribution >= 4 is 22.9 Å². The Morgan fingerprint density at radius 2 is 2.36 bits per heavy atom. The fourth-order valence-corrected chi connectivity index (χ4v) is 2.25. The maximum Gasteiger partial charge on any atom is 0.0944 e. The van der Waals surface area contributed by atoms with E-state index in [0.717, 1.165) is 22.7 Å². The average molecular weight is 225 g/mol. The Kier molecular flexibility index (Phi) is 3.11. The normalized spacial score (nSPS) is 10.4. The van der Waals surface area contributed by atoms with Crippen molar-refractivity contribution in [3.63, 3.8) is 0 Å². The minimum Gasteiger partial charge on any atom is -0.264 e. The molecule has 0 amide bonds. The van der Waals surface area contributed by atoms with Gasteiger partial charge in [-0.05, 0) is 12.1 Å². The summed E-state index contributed by atoms with van der Waals surface area (Å²) in [6, 6.07) is 3.92. The molecule has 0 atom stereocenters. The van der Waals surface area contributed by atoms with Gasteiger partial charge in [0.25, 0.3) is 0 Å². The second kappa shape index (κ2) is 4.53. The van der Waals surface area contributed by atoms with E-state index in [9.17, 15) is 0 Å². The molecule has 0 N–H and O–H groups in total. The molecular formula is C10H9ClN2S. The van der Waals surface area contributed by atoms with Gasteiger partial charge >= 0.3 is 0 Å². The van der Waals surface area contributed by atoms with Gasteiger partial charge in [0.05, 0.1) is 10.7 Å². The molecule has 0 aliphatic rings. The minimum atomic E-state index is 0.625. The Balaban J connectivity index is 2.25. The molecule has 4 heteroatoms. The van der Waals surface area contributed by atoms with Crippen LogP contribution in [0.1, 0.15) is 5.01 Å². The Morgan fingerprint density at radius 3 is 3.07 bits per heavy atom. The van der Waals surface area contributed by atoms with Gasteiger partial charge in [0, 0.05) is 35.6 Å². The molecule has 0 saturated carbocycles. The van der Waals surface area contributed by atoms with Gasteiger partial charge in [-0.3, -0.25) is 4.98 Å². The van der Waals surface area contributed by atoms with E-state index in [-0.39, 0.29) is 0 Å². The van der Waals surface area contributed by atoms with Gasteiger partial charge in [-0.2, -0.15) is 0 Å². The Morgan fingerprint density at radius 1 is 1.43 bits per heavy atom. The molecular weight excluding hydrogens is 216 g/mol. The fourth-order valence-electron chi connectivity index (χ4n) is 1.15. The highest BCUT2D eigenvalue weighted by atomic mass is 35.5. The minimum absolute atomic E-state index is 0.625. The van der Waals surface area contributed by atoms with Crippen molar-refractivity contribution in [3.8, 4) is 11.3 Å². The molecule has 0 unspecified atom stereocenters. The summed E-state index contributed by atoms with van der Waals surface area (Å²) in [6.07, 6.45) is 4.42. The highest BCUT2D eigenvalue weighted by molar-refractivity contribution is 7.10. The first-order valence-electron chi connectivity index (χ1n) is 4.31. The zero-order chi connectivity index (χ0) is 9.80. The highest BCUT2D eigenvalue weighted by Crippen LogP contribution is 2.21. The van der Waals surface area contributed by atoms with Crippen LogP contribution in [-0.2, 0) is 6.42 Å². The summed E-state index contributed by atoms with van der Waals surface area (Å²) >= 11 is 7.29. The van der Waals surface area contributed by atoms with Crippen LogP contribution in [0, 0.1) is 0 Å². The summed E-state index contributed by atoms with van der Waals surface area (Å²) in [4.78, 5) is 8.52. The molecule has 14 heavy (non-hydrogen) atoms. The maximum atomic E-state index is 5.65. The number of pyridine rings is 1. The van der Waals surface area contributed by atoms with Crippen molar-refractivity contribution in [1.29, 1.82) is 0 Å². The number of hydrogen-bond acceptors (Lipinski definition) is 3. The molecule has 0 fully saturated rings. The zero-order valence-electron chi connectivity index (χ0n) is 7.48. The van der Waals surface area contributed by atoms with E-state index in [2.05, 4.69) is 9.97 Å². The topological polar surface area (TPSA) is 25.8 Å². The molecule has 72 valence electrons. The number of rotatable bonds is 3. The van der Waals surface area contributed by atoms with Gasteiger partial charge < -0.3 is 0 Å². The van der Waals surface area contributed by atoms with E-state index in [1.807, 2.05) is 23.7 Å². The molecule has 2 aromatic rings. The number of nitrogens with zero attached hydrogens (tertiary/aromatic N) is 2. The van der Waals surface area contributed by atoms with E-state index in [4.69, 9.17) is 11.6 Å². The molecule has 0 aromatic carbocycles. The highest BCUT2D eigenvalue weighted by Gasteiger charge is 2.03. The molecule has 0 aliphatic carbocycles. The molecule has 2 heterocycles. The average Bonchev–Trinajstić information content (AvgIpc) is 2.68. The lowest BCUT2D eigenvalue weighted by Crippen LogP contribution is -1.85. The van der Waals surface area contributed by atoms with E-state index < -0.39 is 0 Å². The summed E-state index contributed by atoms with van der Waals surface area (Å²) in [5.74, 6) is 0.625. The van der Waals surface area contributed by atoms with E-state index in [0.29, 0.717) is 5.88 Å². The van der Waals surface area contributed by atoms with Crippen LogP contribution < -0.4 is 0 Å². The number of aryl methyl sites for hydroxylation is 1. The van der Waals surface area contributed by atoms with Crippen molar-refractivity contribution in [2.75, 3.05) is 5.88 Å². The number of thiazole rings is 1. The summed E-state index contributed by atoms with van der Waals surface area (Å²) in [5.41, 5.74) is 2.05. The molecule has 2 aromatic heterocycles. The van der Waals surface area contributed by atoms with E-state index in [1.54, 1.807) is 17.5 Å². The first-order valence-corrected chi connectivity index (χ1v) is 5.72. The SMILES string of the molecule is ClCCc1nc(-c2cccnc2)cs1. The zero-order valence-corrected chi connectivity index (χ0v) is 9.05. The van der Waals surface area contributed by atoms with Gasteiger partial charge in [0.1, 0.15) is 0 Å². The van der Waals surface area contributed by atoms with Crippen LogP contribution in [0.3, 0.4) is 0 Å². The third-order valence-electron chi connectivity index (χ3n) is 1.82. The van der Waals surface area contributed by atoms with Gasteiger partial charge in [0.2, 0.25) is 0 Å². The number of aromatic nitrogens is 2. The molecule has 0 spiro atoms. The largest absolute Gasteiger partial charge is 0.264 e. The van der Waals surface area contributed by atoms with Crippen molar-refractivity contribution < 1.29 is 0 Å². The number of hydrogen-bond donors (Lipinski definition) is 0. The van der Waals surface area contributed by atoms with Crippen molar-refractivity contribution in [3.05, 3.63) is 34.9 Å². The van der Waals surface area contributed by atoms with E-state index in [1.165, 1.54) is 0 Å². The second-order valence-electron chi connectivity index (χ2n) is 2.81. The van der Waals surface area contributed by atoms with Gasteiger partial charge in [0.15, 0.2) is 0 Å². The van der Waals surface area contributed by atoms with Gasteiger partial charge in [-0.1, -0.05) is 0 Å². The second-order valence-corrected chi connectivity index (χ2v) is 4.13. The lowest BCUT2D eigenvalue weighted by atomic mass is 10.2. The van der Waals surface area contributed by atoms with Crippen molar-refractivity contribution in [2.24, 2.45) is 0 Å². The number of halogens is 1. The smallest absolute Gasteiger partial charge is 0.0944 e. The van der Waals surface area contributed by atoms with Crippen LogP contribution in [0.15, 0.2) is 29.9 Å². The van der Waals surface area contributed by atoms with Gasteiger partial charge in [-0.15, -0.1) is 22.9 Å². The lowest BCUT2D eigenvalue weighted by molar-refractivity contribution is 1.10. The molecule has 2 nitrogen and oxygen atoms in total. The molecule has 2 rings (SSSR count). The maximum absolute atomic E-state index is 5.65. The quantitative estimate of drug-likeness (QED) is 0.750. The van der Waals surface area contributed by atoms with Crippen LogP contribution in [-0.4, -0.2) is 15.8 Å². The predicted octanol–water partition coefficient (Wildman–Crippen LogP) is 2.99. The monoisotopic (exact) mass is 224 g/mol. The Hall–Kier alpha value is -0.930. The van der Waals surface area contributed by atoms with Gasteiger partial charge in [-0.25, -0.2) is 4.98 Å². The standard InChI is InChI=1S/C10H9ClN2S/c11-4-3-10-13-9(7-14-10)8-2-1-5-12-6-8/h1-2,5-7H,3-4H2. The summed E-state index contributed by atoms with van der Waals surface area (Å²) in [6.45, 7) is 0. The first-order chi connectivity index (χ1) is 6.90. The van der Waals surface area contributed by atoms with Crippen LogP contribution in [0.4, 0.5) is 0 Å². The molecule has 0 bridgehead atoms. The summed E-state index contributed by atoms with van der Waals surface area (Å²) < 4.78 is 0. The van der Waals surface area contributed by atoms with Crippen molar-refractivity contribution in [2.45, 2.75) is 6.42 Å². The van der Waals surface area contributed by atoms with Crippen LogP contribution in [0.2, 0.25) is 0 Å². The van der Waals surface area contributed by atoms with E-state index >= 15 is 0 Å². The molecule has 0 radical (unpaired) electrons. The molecule has 0 saturated heterocycles. The number of alkyl halides is 1. The first kappa shape index (κ1) is 9.62. The summed E-state index contributed by atoms with van der Waals surface area (Å²) in [5, 5.41) is 3.12. The van der Waals surface area contributed by atoms with Crippen molar-refractivity contribution in [1.82, 2.24) is 9.97 Å². The fraction of sp³-hybridized carbons (Fsp3) is 0.200. The van der Waals surface area contributed by atoms with Crippen LogP contribution in [0.5, 0.6) is 0 Å². The lowest BCUT2D eigenvalue weighted by Gasteiger charge is -1.93. The van der Waals surface area contributed by atoms with Crippen LogP contribution >= 0.6 is 22.9 Å². The summed E-state index contributed by atoms with van der Waals surface area (Å²) in [7, 11) is 0. The Labute approximate surface area is 91.6 Å². The third-order valence-corrected chi connectivity index (χ3v) is 2.91. The van der Waals surface area contributed by atoms with Crippen LogP contribution in [0.25, 0.3) is 11.3 Å².